The number of nitrogens with zero attached hydrogens (tertiary/aromatic N) is 4. The summed E-state index contributed by atoms with van der Waals surface area (Å²) >= 11 is 11.8. The van der Waals surface area contributed by atoms with Crippen LogP contribution >= 0.6 is 23.2 Å². The Morgan fingerprint density at radius 2 is 2.00 bits per heavy atom. The van der Waals surface area contributed by atoms with Gasteiger partial charge in [0, 0.05) is 19.1 Å². The number of amides is 3. The van der Waals surface area contributed by atoms with Crippen LogP contribution in [0, 0.1) is 0 Å². The molecule has 2 N–H and O–H groups in total. The van der Waals surface area contributed by atoms with Crippen LogP contribution in [0.3, 0.4) is 0 Å². The molecule has 10 heteroatoms. The monoisotopic (exact) mass is 356 g/mol. The third kappa shape index (κ3) is 4.83. The lowest BCUT2D eigenvalue weighted by molar-refractivity contribution is -0.117. The van der Waals surface area contributed by atoms with Crippen molar-refractivity contribution in [2.24, 2.45) is 0 Å². The van der Waals surface area contributed by atoms with E-state index < -0.39 is 0 Å². The molecule has 0 saturated heterocycles. The zero-order valence-electron chi connectivity index (χ0n) is 12.4. The van der Waals surface area contributed by atoms with Crippen molar-refractivity contribution in [2.75, 3.05) is 24.7 Å². The first-order valence-corrected chi connectivity index (χ1v) is 7.24. The highest BCUT2D eigenvalue weighted by Crippen LogP contribution is 2.25. The van der Waals surface area contributed by atoms with Crippen molar-refractivity contribution in [3.63, 3.8) is 0 Å². The van der Waals surface area contributed by atoms with Gasteiger partial charge in [-0.1, -0.05) is 23.2 Å². The SMILES string of the molecule is CN(C)C(=O)Nc1cnn(CC(=O)Nc2cc(Cl)ccc2Cl)n1. The standard InChI is InChI=1S/C13H14Cl2N6O2/c1-20(2)13(23)18-11-6-16-21(19-11)7-12(22)17-10-5-8(14)3-4-9(10)15/h3-6H,7H2,1-2H3,(H,17,22)(H,18,19,23). The molecule has 8 nitrogen and oxygen atoms in total. The van der Waals surface area contributed by atoms with Crippen molar-refractivity contribution >= 4 is 46.6 Å². The zero-order chi connectivity index (χ0) is 17.0. The van der Waals surface area contributed by atoms with Gasteiger partial charge in [0.25, 0.3) is 0 Å². The lowest BCUT2D eigenvalue weighted by Crippen LogP contribution is -2.27. The fourth-order valence-corrected chi connectivity index (χ4v) is 1.90. The molecule has 1 aromatic carbocycles. The fraction of sp³-hybridized carbons (Fsp3) is 0.231. The number of aromatic nitrogens is 3. The van der Waals surface area contributed by atoms with Gasteiger partial charge in [0.2, 0.25) is 5.91 Å². The molecule has 23 heavy (non-hydrogen) atoms. The maximum absolute atomic E-state index is 12.0. The minimum atomic E-state index is -0.379. The first-order chi connectivity index (χ1) is 10.8. The quantitative estimate of drug-likeness (QED) is 0.878. The van der Waals surface area contributed by atoms with E-state index >= 15 is 0 Å². The van der Waals surface area contributed by atoms with Crippen LogP contribution in [0.1, 0.15) is 0 Å². The minimum Gasteiger partial charge on any atom is -0.331 e. The van der Waals surface area contributed by atoms with Gasteiger partial charge in [-0.05, 0) is 18.2 Å². The predicted molar refractivity (Wildman–Crippen MR) is 87.8 cm³/mol. The van der Waals surface area contributed by atoms with E-state index in [1.807, 2.05) is 0 Å². The fourth-order valence-electron chi connectivity index (χ4n) is 1.56. The van der Waals surface area contributed by atoms with Crippen LogP contribution in [-0.4, -0.2) is 45.9 Å². The second kappa shape index (κ2) is 7.30. The summed E-state index contributed by atoms with van der Waals surface area (Å²) in [4.78, 5) is 26.0. The summed E-state index contributed by atoms with van der Waals surface area (Å²) in [6.07, 6.45) is 1.35. The van der Waals surface area contributed by atoms with Gasteiger partial charge < -0.3 is 10.2 Å². The third-order valence-corrected chi connectivity index (χ3v) is 3.23. The van der Waals surface area contributed by atoms with Crippen molar-refractivity contribution in [3.05, 3.63) is 34.4 Å². The minimum absolute atomic E-state index is 0.138. The van der Waals surface area contributed by atoms with Crippen molar-refractivity contribution in [2.45, 2.75) is 6.54 Å². The molecule has 0 atom stereocenters. The largest absolute Gasteiger partial charge is 0.331 e. The zero-order valence-corrected chi connectivity index (χ0v) is 13.9. The molecule has 0 aliphatic carbocycles. The second-order valence-electron chi connectivity index (χ2n) is 4.76. The van der Waals surface area contributed by atoms with Crippen molar-refractivity contribution in [3.8, 4) is 0 Å². The number of rotatable bonds is 4. The van der Waals surface area contributed by atoms with Gasteiger partial charge >= 0.3 is 6.03 Å². The molecule has 122 valence electrons. The van der Waals surface area contributed by atoms with E-state index in [1.54, 1.807) is 32.3 Å². The summed E-state index contributed by atoms with van der Waals surface area (Å²) in [5.41, 5.74) is 0.400. The molecular formula is C13H14Cl2N6O2. The molecule has 2 aromatic rings. The number of nitrogens with one attached hydrogen (secondary N) is 2. The molecule has 0 spiro atoms. The number of hydrogen-bond donors (Lipinski definition) is 2. The highest BCUT2D eigenvalue weighted by atomic mass is 35.5. The number of benzene rings is 1. The van der Waals surface area contributed by atoms with Gasteiger partial charge in [-0.2, -0.15) is 9.90 Å². The van der Waals surface area contributed by atoms with Gasteiger partial charge in [-0.3, -0.25) is 10.1 Å². The molecule has 1 aromatic heterocycles. The van der Waals surface area contributed by atoms with Crippen LogP contribution in [0.5, 0.6) is 0 Å². The van der Waals surface area contributed by atoms with E-state index in [9.17, 15) is 9.59 Å². The summed E-state index contributed by atoms with van der Waals surface area (Å²) in [5.74, 6) is -0.132. The van der Waals surface area contributed by atoms with Gasteiger partial charge in [-0.15, -0.1) is 5.10 Å². The number of urea groups is 1. The third-order valence-electron chi connectivity index (χ3n) is 2.67. The highest BCUT2D eigenvalue weighted by molar-refractivity contribution is 6.35. The first-order valence-electron chi connectivity index (χ1n) is 6.48. The summed E-state index contributed by atoms with van der Waals surface area (Å²) < 4.78 is 0. The number of halogens is 2. The highest BCUT2D eigenvalue weighted by Gasteiger charge is 2.11. The molecule has 3 amide bonds. The number of carbonyl (C=O) groups excluding carboxylic acids is 2. The molecule has 0 aliphatic rings. The van der Waals surface area contributed by atoms with E-state index in [2.05, 4.69) is 20.8 Å². The predicted octanol–water partition coefficient (Wildman–Crippen LogP) is 2.32. The van der Waals surface area contributed by atoms with E-state index in [1.165, 1.54) is 11.1 Å². The van der Waals surface area contributed by atoms with Crippen molar-refractivity contribution in [1.82, 2.24) is 19.9 Å². The van der Waals surface area contributed by atoms with Crippen LogP contribution in [0.15, 0.2) is 24.4 Å². The Hall–Kier alpha value is -2.32. The van der Waals surface area contributed by atoms with Crippen LogP contribution in [0.2, 0.25) is 10.0 Å². The van der Waals surface area contributed by atoms with E-state index in [0.29, 0.717) is 15.7 Å². The summed E-state index contributed by atoms with van der Waals surface area (Å²) in [6, 6.07) is 4.41. The lowest BCUT2D eigenvalue weighted by atomic mass is 10.3. The molecule has 0 aliphatic heterocycles. The van der Waals surface area contributed by atoms with E-state index in [-0.39, 0.29) is 24.3 Å². The van der Waals surface area contributed by atoms with Crippen LogP contribution in [0.25, 0.3) is 0 Å². The molecule has 0 fully saturated rings. The molecule has 0 saturated carbocycles. The Labute approximate surface area is 142 Å². The Bertz CT molecular complexity index is 731. The first kappa shape index (κ1) is 17.0. The molecule has 0 radical (unpaired) electrons. The molecule has 1 heterocycles. The average Bonchev–Trinajstić information content (AvgIpc) is 2.89. The topological polar surface area (TPSA) is 92.2 Å². The van der Waals surface area contributed by atoms with Crippen molar-refractivity contribution in [1.29, 1.82) is 0 Å². The van der Waals surface area contributed by atoms with Crippen LogP contribution in [-0.2, 0) is 11.3 Å². The molecule has 2 rings (SSSR count). The number of anilines is 2. The average molecular weight is 357 g/mol. The van der Waals surface area contributed by atoms with Gasteiger partial charge in [0.05, 0.1) is 16.9 Å². The Morgan fingerprint density at radius 3 is 2.70 bits per heavy atom. The number of carbonyl (C=O) groups is 2. The maximum atomic E-state index is 12.0. The Balaban J connectivity index is 1.97. The summed E-state index contributed by atoms with van der Waals surface area (Å²) in [5, 5.41) is 13.8. The Kier molecular flexibility index (Phi) is 5.41. The smallest absolute Gasteiger partial charge is 0.322 e. The van der Waals surface area contributed by atoms with Gasteiger partial charge in [0.15, 0.2) is 5.82 Å². The van der Waals surface area contributed by atoms with Crippen LogP contribution in [0.4, 0.5) is 16.3 Å². The Morgan fingerprint density at radius 1 is 1.26 bits per heavy atom. The number of hydrogen-bond acceptors (Lipinski definition) is 4. The van der Waals surface area contributed by atoms with E-state index in [4.69, 9.17) is 23.2 Å². The second-order valence-corrected chi connectivity index (χ2v) is 5.60. The lowest BCUT2D eigenvalue weighted by Gasteiger charge is -2.09. The summed E-state index contributed by atoms with van der Waals surface area (Å²) in [6.45, 7) is -0.138. The molecule has 0 bridgehead atoms. The van der Waals surface area contributed by atoms with Gasteiger partial charge in [0.1, 0.15) is 6.54 Å². The van der Waals surface area contributed by atoms with E-state index in [0.717, 1.165) is 4.80 Å². The molecule has 0 unspecified atom stereocenters. The van der Waals surface area contributed by atoms with Crippen LogP contribution < -0.4 is 10.6 Å². The maximum Gasteiger partial charge on any atom is 0.322 e. The van der Waals surface area contributed by atoms with Gasteiger partial charge in [-0.25, -0.2) is 4.79 Å². The van der Waals surface area contributed by atoms with Crippen molar-refractivity contribution < 1.29 is 9.59 Å². The molecular weight excluding hydrogens is 343 g/mol. The normalized spacial score (nSPS) is 10.3. The summed E-state index contributed by atoms with van der Waals surface area (Å²) in [7, 11) is 3.20.